The average Bonchev–Trinajstić information content (AvgIpc) is 3.48. The lowest BCUT2D eigenvalue weighted by Crippen LogP contribution is -2.55. The summed E-state index contributed by atoms with van der Waals surface area (Å²) >= 11 is 0. The van der Waals surface area contributed by atoms with Crippen LogP contribution in [0.2, 0.25) is 36.3 Å². The van der Waals surface area contributed by atoms with Crippen LogP contribution in [-0.2, 0) is 20.2 Å². The fourth-order valence-electron chi connectivity index (χ4n) is 4.82. The molecule has 1 fully saturated rings. The number of oxazole rings is 2. The van der Waals surface area contributed by atoms with Gasteiger partial charge in [0.05, 0.1) is 24.9 Å². The van der Waals surface area contributed by atoms with Gasteiger partial charge in [0.25, 0.3) is 0 Å². The van der Waals surface area contributed by atoms with Gasteiger partial charge in [-0.25, -0.2) is 9.97 Å². The third-order valence-electron chi connectivity index (χ3n) is 9.71. The van der Waals surface area contributed by atoms with Gasteiger partial charge >= 0.3 is 0 Å². The molecule has 2 aromatic heterocycles. The van der Waals surface area contributed by atoms with E-state index in [9.17, 15) is 0 Å². The number of hydrogen-bond acceptors (Lipinski definition) is 7. The first-order valence-electron chi connectivity index (χ1n) is 15.4. The van der Waals surface area contributed by atoms with E-state index in [2.05, 4.69) is 111 Å². The number of aryl methyl sites for hydroxylation is 1. The van der Waals surface area contributed by atoms with Gasteiger partial charge in [-0.2, -0.15) is 0 Å². The molecule has 1 aliphatic heterocycles. The van der Waals surface area contributed by atoms with Crippen molar-refractivity contribution >= 4 is 28.8 Å². The first-order valence-corrected chi connectivity index (χ1v) is 21.2. The molecule has 0 spiro atoms. The van der Waals surface area contributed by atoms with E-state index in [0.29, 0.717) is 18.4 Å². The maximum Gasteiger partial charge on any atom is 0.218 e. The summed E-state index contributed by atoms with van der Waals surface area (Å²) in [6.45, 7) is 31.8. The predicted molar refractivity (Wildman–Crippen MR) is 176 cm³/mol. The van der Waals surface area contributed by atoms with Crippen LogP contribution in [0.25, 0.3) is 12.2 Å². The Hall–Kier alpha value is -1.79. The van der Waals surface area contributed by atoms with E-state index in [1.54, 1.807) is 12.5 Å². The van der Waals surface area contributed by atoms with Crippen molar-refractivity contribution in [3.05, 3.63) is 47.3 Å². The lowest BCUT2D eigenvalue weighted by atomic mass is 9.79. The summed E-state index contributed by atoms with van der Waals surface area (Å²) in [6.07, 6.45) is 10.2. The number of ether oxygens (including phenoxy) is 1. The van der Waals surface area contributed by atoms with Crippen LogP contribution in [0.15, 0.2) is 33.0 Å². The molecule has 2 aromatic rings. The second-order valence-corrected chi connectivity index (χ2v) is 24.8. The van der Waals surface area contributed by atoms with E-state index in [-0.39, 0.29) is 40.2 Å². The lowest BCUT2D eigenvalue weighted by Gasteiger charge is -2.49. The molecule has 0 amide bonds. The smallest absolute Gasteiger partial charge is 0.218 e. The first kappa shape index (κ1) is 34.7. The van der Waals surface area contributed by atoms with Crippen LogP contribution in [0.3, 0.4) is 0 Å². The molecule has 7 nitrogen and oxygen atoms in total. The molecule has 0 radical (unpaired) electrons. The summed E-state index contributed by atoms with van der Waals surface area (Å²) in [5.41, 5.74) is 2.76. The first-order chi connectivity index (χ1) is 19.2. The molecule has 1 aliphatic rings. The molecule has 3 rings (SSSR count). The van der Waals surface area contributed by atoms with Crippen molar-refractivity contribution in [3.63, 3.8) is 0 Å². The molecule has 3 heterocycles. The maximum absolute atomic E-state index is 7.11. The van der Waals surface area contributed by atoms with Crippen LogP contribution < -0.4 is 0 Å². The number of nitrogens with zero attached hydrogens (tertiary/aromatic N) is 2. The Bertz CT molecular complexity index is 1230. The monoisotopic (exact) mass is 616 g/mol. The normalized spacial score (nSPS) is 25.0. The molecule has 1 saturated heterocycles. The third kappa shape index (κ3) is 8.43. The number of hydrogen-bond donors (Lipinski definition) is 0. The Kier molecular flexibility index (Phi) is 10.8. The van der Waals surface area contributed by atoms with Crippen LogP contribution in [0, 0.1) is 18.8 Å². The Balaban J connectivity index is 1.78. The zero-order valence-corrected chi connectivity index (χ0v) is 30.6. The standard InChI is InChI=1S/C33H56N2O5Si2/c1-22(18-26-19-36-25(4)34-26)30-24(3)31(40-42(13,14)33(8,9)10)23(2)28(39-30)16-15-17-29-35-27(20-37-29)21-38-41(11,12)32(5,6)7/h15,17-20,23-24,28,30-31H,16,21H2,1-14H3/b17-15+,22-18+/t23-,24-,28+,30-,31-/m0/s1. The molecule has 0 aromatic carbocycles. The van der Waals surface area contributed by atoms with Gasteiger partial charge in [-0.15, -0.1) is 0 Å². The highest BCUT2D eigenvalue weighted by Crippen LogP contribution is 2.43. The van der Waals surface area contributed by atoms with Crippen molar-refractivity contribution in [2.24, 2.45) is 11.8 Å². The van der Waals surface area contributed by atoms with Gasteiger partial charge in [0.15, 0.2) is 22.5 Å². The summed E-state index contributed by atoms with van der Waals surface area (Å²) in [7, 11) is -3.86. The van der Waals surface area contributed by atoms with Gasteiger partial charge in [0, 0.05) is 18.8 Å². The zero-order chi connectivity index (χ0) is 31.7. The second kappa shape index (κ2) is 13.1. The largest absolute Gasteiger partial charge is 0.449 e. The van der Waals surface area contributed by atoms with Gasteiger partial charge in [-0.05, 0) is 67.3 Å². The van der Waals surface area contributed by atoms with E-state index in [1.165, 1.54) is 0 Å². The minimum atomic E-state index is -2.01. The maximum atomic E-state index is 7.11. The van der Waals surface area contributed by atoms with Crippen LogP contribution >= 0.6 is 0 Å². The van der Waals surface area contributed by atoms with Gasteiger partial charge in [-0.3, -0.25) is 0 Å². The zero-order valence-electron chi connectivity index (χ0n) is 28.6. The number of rotatable bonds is 10. The summed E-state index contributed by atoms with van der Waals surface area (Å²) in [5.74, 6) is 1.65. The Labute approximate surface area is 256 Å². The molecule has 0 bridgehead atoms. The van der Waals surface area contributed by atoms with Crippen LogP contribution in [-0.4, -0.2) is 44.9 Å². The highest BCUT2D eigenvalue weighted by molar-refractivity contribution is 6.74. The number of aromatic nitrogens is 2. The second-order valence-electron chi connectivity index (χ2n) is 15.2. The Morgan fingerprint density at radius 3 is 2.14 bits per heavy atom. The van der Waals surface area contributed by atoms with Gasteiger partial charge in [0.2, 0.25) is 5.89 Å². The fourth-order valence-corrected chi connectivity index (χ4v) is 7.23. The van der Waals surface area contributed by atoms with Crippen molar-refractivity contribution in [2.75, 3.05) is 0 Å². The molecule has 9 heteroatoms. The Morgan fingerprint density at radius 2 is 1.57 bits per heavy atom. The molecular weight excluding hydrogens is 561 g/mol. The SMILES string of the molecule is C/C(=C\c1coc(C)n1)[C@@H]1O[C@H](C/C=C/c2nc(CO[Si](C)(C)C(C)(C)C)co2)[C@H](C)[C@H](O[Si](C)(C)C(C)(C)C)[C@H]1C. The van der Waals surface area contributed by atoms with Crippen molar-refractivity contribution in [3.8, 4) is 0 Å². The van der Waals surface area contributed by atoms with Gasteiger partial charge < -0.3 is 22.4 Å². The van der Waals surface area contributed by atoms with Crippen molar-refractivity contribution < 1.29 is 22.4 Å². The summed E-state index contributed by atoms with van der Waals surface area (Å²) in [5, 5.41) is 0.273. The topological polar surface area (TPSA) is 79.8 Å². The van der Waals surface area contributed by atoms with Gasteiger partial charge in [0.1, 0.15) is 23.9 Å². The molecular formula is C33H56N2O5Si2. The predicted octanol–water partition coefficient (Wildman–Crippen LogP) is 9.43. The highest BCUT2D eigenvalue weighted by atomic mass is 28.4. The quantitative estimate of drug-likeness (QED) is 0.246. The van der Waals surface area contributed by atoms with Gasteiger partial charge in [-0.1, -0.05) is 61.5 Å². The average molecular weight is 617 g/mol. The van der Waals surface area contributed by atoms with Crippen molar-refractivity contribution in [1.82, 2.24) is 9.97 Å². The Morgan fingerprint density at radius 1 is 0.929 bits per heavy atom. The van der Waals surface area contributed by atoms with E-state index in [4.69, 9.17) is 22.4 Å². The van der Waals surface area contributed by atoms with E-state index >= 15 is 0 Å². The van der Waals surface area contributed by atoms with Crippen molar-refractivity contribution in [2.45, 2.75) is 137 Å². The summed E-state index contributed by atoms with van der Waals surface area (Å²) in [4.78, 5) is 9.13. The lowest BCUT2D eigenvalue weighted by molar-refractivity contribution is -0.143. The molecule has 0 saturated carbocycles. The summed E-state index contributed by atoms with van der Waals surface area (Å²) < 4.78 is 31.4. The molecule has 236 valence electrons. The molecule has 5 atom stereocenters. The molecule has 0 unspecified atom stereocenters. The highest BCUT2D eigenvalue weighted by Gasteiger charge is 2.47. The van der Waals surface area contributed by atoms with Crippen LogP contribution in [0.4, 0.5) is 0 Å². The van der Waals surface area contributed by atoms with Crippen LogP contribution in [0.1, 0.15) is 91.9 Å². The van der Waals surface area contributed by atoms with Crippen LogP contribution in [0.5, 0.6) is 0 Å². The molecule has 0 N–H and O–H groups in total. The summed E-state index contributed by atoms with van der Waals surface area (Å²) in [6, 6.07) is 0. The van der Waals surface area contributed by atoms with E-state index in [0.717, 1.165) is 23.4 Å². The molecule has 0 aliphatic carbocycles. The van der Waals surface area contributed by atoms with E-state index < -0.39 is 16.6 Å². The third-order valence-corrected chi connectivity index (χ3v) is 18.7. The minimum absolute atomic E-state index is 0.0176. The van der Waals surface area contributed by atoms with E-state index in [1.807, 2.05) is 13.0 Å². The minimum Gasteiger partial charge on any atom is -0.449 e. The molecule has 42 heavy (non-hydrogen) atoms. The fraction of sp³-hybridized carbons (Fsp3) is 0.697. The van der Waals surface area contributed by atoms with Crippen molar-refractivity contribution in [1.29, 1.82) is 0 Å².